The Hall–Kier alpha value is -0.120. The predicted octanol–water partition coefficient (Wildman–Crippen LogP) is 2.48. The maximum Gasteiger partial charge on any atom is 0.0815 e. The molecule has 0 spiro atoms. The molecule has 0 amide bonds. The number of nitrogens with one attached hydrogen (secondary N) is 1. The molecule has 0 aromatic rings. The summed E-state index contributed by atoms with van der Waals surface area (Å²) in [7, 11) is 0. The fourth-order valence-electron chi connectivity index (χ4n) is 3.18. The van der Waals surface area contributed by atoms with Gasteiger partial charge in [-0.2, -0.15) is 0 Å². The molecular formula is C15H29NO2. The minimum Gasteiger partial charge on any atom is -0.388 e. The second-order valence-corrected chi connectivity index (χ2v) is 6.18. The second kappa shape index (κ2) is 7.46. The van der Waals surface area contributed by atoms with Crippen LogP contribution >= 0.6 is 0 Å². The van der Waals surface area contributed by atoms with E-state index in [1.807, 2.05) is 0 Å². The predicted molar refractivity (Wildman–Crippen MR) is 73.7 cm³/mol. The lowest BCUT2D eigenvalue weighted by Crippen LogP contribution is -2.46. The first-order valence-electron chi connectivity index (χ1n) is 7.79. The van der Waals surface area contributed by atoms with Crippen LogP contribution in [0.2, 0.25) is 0 Å². The minimum atomic E-state index is -0.514. The Labute approximate surface area is 111 Å². The lowest BCUT2D eigenvalue weighted by atomic mass is 9.90. The molecule has 18 heavy (non-hydrogen) atoms. The lowest BCUT2D eigenvalue weighted by Gasteiger charge is -2.33. The SMILES string of the molecule is OC1(CNCC2CCCCCCC2)CCOCC1. The largest absolute Gasteiger partial charge is 0.388 e. The molecule has 1 saturated heterocycles. The third kappa shape index (κ3) is 4.87. The molecule has 3 heteroatoms. The maximum atomic E-state index is 10.4. The van der Waals surface area contributed by atoms with Crippen molar-refractivity contribution in [1.29, 1.82) is 0 Å². The van der Waals surface area contributed by atoms with E-state index in [9.17, 15) is 5.11 Å². The Morgan fingerprint density at radius 2 is 1.61 bits per heavy atom. The molecule has 106 valence electrons. The van der Waals surface area contributed by atoms with Crippen LogP contribution in [0.25, 0.3) is 0 Å². The Kier molecular flexibility index (Phi) is 5.93. The molecule has 2 aliphatic rings. The average molecular weight is 255 g/mol. The van der Waals surface area contributed by atoms with Crippen LogP contribution in [0, 0.1) is 5.92 Å². The first-order chi connectivity index (χ1) is 8.79. The average Bonchev–Trinajstić information content (AvgIpc) is 2.32. The van der Waals surface area contributed by atoms with Crippen LogP contribution in [0.15, 0.2) is 0 Å². The monoisotopic (exact) mass is 255 g/mol. The van der Waals surface area contributed by atoms with Crippen molar-refractivity contribution >= 4 is 0 Å². The van der Waals surface area contributed by atoms with Gasteiger partial charge in [-0.3, -0.25) is 0 Å². The van der Waals surface area contributed by atoms with Crippen LogP contribution in [-0.4, -0.2) is 37.0 Å². The number of hydrogen-bond donors (Lipinski definition) is 2. The smallest absolute Gasteiger partial charge is 0.0815 e. The zero-order valence-electron chi connectivity index (χ0n) is 11.6. The molecular weight excluding hydrogens is 226 g/mol. The molecule has 0 unspecified atom stereocenters. The normalized spacial score (nSPS) is 26.5. The molecule has 2 fully saturated rings. The van der Waals surface area contributed by atoms with Crippen molar-refractivity contribution in [2.24, 2.45) is 5.92 Å². The van der Waals surface area contributed by atoms with Crippen molar-refractivity contribution < 1.29 is 9.84 Å². The topological polar surface area (TPSA) is 41.5 Å². The van der Waals surface area contributed by atoms with Gasteiger partial charge in [0.2, 0.25) is 0 Å². The van der Waals surface area contributed by atoms with E-state index >= 15 is 0 Å². The first-order valence-corrected chi connectivity index (χ1v) is 7.79. The third-order valence-electron chi connectivity index (χ3n) is 4.54. The molecule has 0 bridgehead atoms. The van der Waals surface area contributed by atoms with Gasteiger partial charge in [-0.1, -0.05) is 32.1 Å². The fourth-order valence-corrected chi connectivity index (χ4v) is 3.18. The van der Waals surface area contributed by atoms with E-state index in [4.69, 9.17) is 4.74 Å². The highest BCUT2D eigenvalue weighted by atomic mass is 16.5. The summed E-state index contributed by atoms with van der Waals surface area (Å²) < 4.78 is 5.30. The highest BCUT2D eigenvalue weighted by molar-refractivity contribution is 4.83. The van der Waals surface area contributed by atoms with E-state index in [-0.39, 0.29) is 0 Å². The molecule has 0 atom stereocenters. The molecule has 3 nitrogen and oxygen atoms in total. The van der Waals surface area contributed by atoms with Crippen LogP contribution in [0.5, 0.6) is 0 Å². The molecule has 2 rings (SSSR count). The maximum absolute atomic E-state index is 10.4. The summed E-state index contributed by atoms with van der Waals surface area (Å²) in [6, 6.07) is 0. The van der Waals surface area contributed by atoms with Gasteiger partial charge in [0, 0.05) is 32.6 Å². The van der Waals surface area contributed by atoms with Crippen LogP contribution in [0.4, 0.5) is 0 Å². The summed E-state index contributed by atoms with van der Waals surface area (Å²) in [5.74, 6) is 0.828. The van der Waals surface area contributed by atoms with Gasteiger partial charge < -0.3 is 15.2 Å². The highest BCUT2D eigenvalue weighted by Gasteiger charge is 2.29. The van der Waals surface area contributed by atoms with E-state index < -0.39 is 5.60 Å². The summed E-state index contributed by atoms with van der Waals surface area (Å²) >= 11 is 0. The van der Waals surface area contributed by atoms with Gasteiger partial charge in [-0.25, -0.2) is 0 Å². The number of rotatable bonds is 4. The Bertz CT molecular complexity index is 219. The zero-order valence-corrected chi connectivity index (χ0v) is 11.6. The van der Waals surface area contributed by atoms with Crippen molar-refractivity contribution in [2.45, 2.75) is 63.4 Å². The minimum absolute atomic E-state index is 0.514. The molecule has 1 heterocycles. The zero-order chi connectivity index (χ0) is 12.7. The summed E-state index contributed by atoms with van der Waals surface area (Å²) in [4.78, 5) is 0. The van der Waals surface area contributed by atoms with Crippen molar-refractivity contribution in [3.8, 4) is 0 Å². The van der Waals surface area contributed by atoms with E-state index in [0.717, 1.165) is 31.8 Å². The van der Waals surface area contributed by atoms with Crippen molar-refractivity contribution in [3.05, 3.63) is 0 Å². The molecule has 1 aliphatic carbocycles. The summed E-state index contributed by atoms with van der Waals surface area (Å²) in [5.41, 5.74) is -0.514. The van der Waals surface area contributed by atoms with Gasteiger partial charge in [-0.05, 0) is 25.3 Å². The quantitative estimate of drug-likeness (QED) is 0.811. The standard InChI is InChI=1S/C15H29NO2/c17-15(8-10-18-11-9-15)13-16-12-14-6-4-2-1-3-5-7-14/h14,16-17H,1-13H2. The number of aliphatic hydroxyl groups is 1. The van der Waals surface area contributed by atoms with Gasteiger partial charge in [0.15, 0.2) is 0 Å². The Balaban J connectivity index is 1.63. The van der Waals surface area contributed by atoms with Gasteiger partial charge in [0.1, 0.15) is 0 Å². The van der Waals surface area contributed by atoms with Crippen LogP contribution in [-0.2, 0) is 4.74 Å². The van der Waals surface area contributed by atoms with E-state index in [2.05, 4.69) is 5.32 Å². The van der Waals surface area contributed by atoms with Gasteiger partial charge >= 0.3 is 0 Å². The summed E-state index contributed by atoms with van der Waals surface area (Å²) in [6.45, 7) is 3.25. The molecule has 1 aliphatic heterocycles. The number of hydrogen-bond acceptors (Lipinski definition) is 3. The van der Waals surface area contributed by atoms with Gasteiger partial charge in [0.05, 0.1) is 5.60 Å². The van der Waals surface area contributed by atoms with Crippen LogP contribution < -0.4 is 5.32 Å². The number of ether oxygens (including phenoxy) is 1. The molecule has 0 radical (unpaired) electrons. The molecule has 2 N–H and O–H groups in total. The Morgan fingerprint density at radius 3 is 2.28 bits per heavy atom. The second-order valence-electron chi connectivity index (χ2n) is 6.18. The van der Waals surface area contributed by atoms with Crippen molar-refractivity contribution in [3.63, 3.8) is 0 Å². The first kappa shape index (κ1) is 14.3. The summed E-state index contributed by atoms with van der Waals surface area (Å²) in [6.07, 6.45) is 11.3. The molecule has 0 aromatic heterocycles. The highest BCUT2D eigenvalue weighted by Crippen LogP contribution is 2.23. The van der Waals surface area contributed by atoms with E-state index in [1.165, 1.54) is 44.9 Å². The van der Waals surface area contributed by atoms with Crippen molar-refractivity contribution in [1.82, 2.24) is 5.32 Å². The fraction of sp³-hybridized carbons (Fsp3) is 1.00. The van der Waals surface area contributed by atoms with Crippen LogP contribution in [0.1, 0.15) is 57.8 Å². The van der Waals surface area contributed by atoms with E-state index in [0.29, 0.717) is 13.2 Å². The lowest BCUT2D eigenvalue weighted by molar-refractivity contribution is -0.0618. The molecule has 1 saturated carbocycles. The van der Waals surface area contributed by atoms with Gasteiger partial charge in [0.25, 0.3) is 0 Å². The molecule has 0 aromatic carbocycles. The Morgan fingerprint density at radius 1 is 1.00 bits per heavy atom. The summed E-state index contributed by atoms with van der Waals surface area (Å²) in [5, 5.41) is 13.9. The van der Waals surface area contributed by atoms with Crippen molar-refractivity contribution in [2.75, 3.05) is 26.3 Å². The third-order valence-corrected chi connectivity index (χ3v) is 4.54. The van der Waals surface area contributed by atoms with Gasteiger partial charge in [-0.15, -0.1) is 0 Å². The van der Waals surface area contributed by atoms with Crippen LogP contribution in [0.3, 0.4) is 0 Å². The van der Waals surface area contributed by atoms with E-state index in [1.54, 1.807) is 0 Å².